The number of amides is 1. The summed E-state index contributed by atoms with van der Waals surface area (Å²) >= 11 is 0. The first-order chi connectivity index (χ1) is 13.0. The molecule has 1 unspecified atom stereocenters. The number of aromatic nitrogens is 4. The van der Waals surface area contributed by atoms with E-state index in [2.05, 4.69) is 26.9 Å². The van der Waals surface area contributed by atoms with Gasteiger partial charge in [0.15, 0.2) is 0 Å². The van der Waals surface area contributed by atoms with Crippen molar-refractivity contribution in [1.82, 2.24) is 29.7 Å². The normalized spacial score (nSPS) is 20.4. The quantitative estimate of drug-likeness (QED) is 0.808. The van der Waals surface area contributed by atoms with E-state index in [1.54, 1.807) is 6.20 Å². The minimum Gasteiger partial charge on any atom is -0.338 e. The molecular weight excluding hydrogens is 340 g/mol. The monoisotopic (exact) mass is 366 g/mol. The summed E-state index contributed by atoms with van der Waals surface area (Å²) in [7, 11) is 2.12. The van der Waals surface area contributed by atoms with Gasteiger partial charge in [0.1, 0.15) is 11.6 Å². The molecule has 4 heterocycles. The van der Waals surface area contributed by atoms with Gasteiger partial charge in [-0.3, -0.25) is 4.79 Å². The van der Waals surface area contributed by atoms with Crippen LogP contribution >= 0.6 is 0 Å². The van der Waals surface area contributed by atoms with Crippen molar-refractivity contribution < 1.29 is 4.79 Å². The van der Waals surface area contributed by atoms with E-state index >= 15 is 0 Å². The van der Waals surface area contributed by atoms with Crippen LogP contribution in [0.2, 0.25) is 0 Å². The van der Waals surface area contributed by atoms with Crippen LogP contribution < -0.4 is 0 Å². The van der Waals surface area contributed by atoms with Gasteiger partial charge in [0.25, 0.3) is 5.91 Å². The van der Waals surface area contributed by atoms with Crippen molar-refractivity contribution in [1.29, 1.82) is 0 Å². The minimum atomic E-state index is 0.0109. The van der Waals surface area contributed by atoms with Crippen LogP contribution in [-0.4, -0.2) is 62.3 Å². The highest BCUT2D eigenvalue weighted by molar-refractivity contribution is 5.95. The maximum atomic E-state index is 13.0. The lowest BCUT2D eigenvalue weighted by molar-refractivity contribution is 0.0702. The van der Waals surface area contributed by atoms with Crippen molar-refractivity contribution in [2.45, 2.75) is 45.6 Å². The van der Waals surface area contributed by atoms with Crippen LogP contribution in [0.4, 0.5) is 0 Å². The number of carbonyl (C=O) groups excluding carboxylic acids is 1. The molecule has 0 bridgehead atoms. The average Bonchev–Trinajstić information content (AvgIpc) is 2.67. The van der Waals surface area contributed by atoms with Gasteiger partial charge in [-0.05, 0) is 33.7 Å². The van der Waals surface area contributed by atoms with Crippen LogP contribution in [0.5, 0.6) is 0 Å². The Labute approximate surface area is 159 Å². The Balaban J connectivity index is 1.52. The van der Waals surface area contributed by atoms with E-state index in [1.165, 1.54) is 11.3 Å². The van der Waals surface area contributed by atoms with E-state index in [0.717, 1.165) is 50.4 Å². The van der Waals surface area contributed by atoms with E-state index in [0.29, 0.717) is 17.9 Å². The number of carbonyl (C=O) groups is 1. The molecule has 27 heavy (non-hydrogen) atoms. The predicted molar refractivity (Wildman–Crippen MR) is 101 cm³/mol. The van der Waals surface area contributed by atoms with Gasteiger partial charge < -0.3 is 9.80 Å². The Kier molecular flexibility index (Phi) is 4.86. The number of nitrogens with zero attached hydrogens (tertiary/aromatic N) is 6. The van der Waals surface area contributed by atoms with E-state index in [9.17, 15) is 4.79 Å². The largest absolute Gasteiger partial charge is 0.338 e. The molecule has 0 aliphatic carbocycles. The molecule has 4 rings (SSSR count). The molecular formula is C20H26N6O. The molecule has 2 aliphatic heterocycles. The van der Waals surface area contributed by atoms with Gasteiger partial charge in [-0.25, -0.2) is 19.9 Å². The first-order valence-corrected chi connectivity index (χ1v) is 9.64. The smallest absolute Gasteiger partial charge is 0.257 e. The average molecular weight is 366 g/mol. The summed E-state index contributed by atoms with van der Waals surface area (Å²) in [6, 6.07) is 0. The van der Waals surface area contributed by atoms with Crippen molar-refractivity contribution in [2.24, 2.45) is 0 Å². The molecule has 0 spiro atoms. The number of likely N-dealkylation sites (N-methyl/N-ethyl adjacent to an activating group) is 1. The standard InChI is InChI=1S/C20H26N6O/c1-13-17(10-21-14(2)23-13)20(27)26-7-4-5-15(12-26)19-22-9-16-11-25(3)8-6-18(16)24-19/h9-10,15H,4-8,11-12H2,1-3H3. The summed E-state index contributed by atoms with van der Waals surface area (Å²) in [6.45, 7) is 7.07. The SMILES string of the molecule is Cc1ncc(C(=O)N2CCCC(c3ncc4c(n3)CCN(C)C4)C2)c(C)n1. The number of hydrogen-bond donors (Lipinski definition) is 0. The maximum absolute atomic E-state index is 13.0. The fraction of sp³-hybridized carbons (Fsp3) is 0.550. The molecule has 0 radical (unpaired) electrons. The number of rotatable bonds is 2. The zero-order chi connectivity index (χ0) is 19.0. The van der Waals surface area contributed by atoms with Gasteiger partial charge in [0.2, 0.25) is 0 Å². The Bertz CT molecular complexity index is 868. The molecule has 1 amide bonds. The molecule has 2 aliphatic rings. The molecule has 1 fully saturated rings. The maximum Gasteiger partial charge on any atom is 0.257 e. The predicted octanol–water partition coefficient (Wildman–Crippen LogP) is 1.89. The van der Waals surface area contributed by atoms with E-state index in [4.69, 9.17) is 4.98 Å². The zero-order valence-electron chi connectivity index (χ0n) is 16.3. The molecule has 2 aromatic rings. The highest BCUT2D eigenvalue weighted by Gasteiger charge is 2.29. The van der Waals surface area contributed by atoms with Crippen LogP contribution in [0.15, 0.2) is 12.4 Å². The first kappa shape index (κ1) is 18.0. The third kappa shape index (κ3) is 3.69. The molecule has 7 nitrogen and oxygen atoms in total. The summed E-state index contributed by atoms with van der Waals surface area (Å²) in [5.41, 5.74) is 3.73. The molecule has 7 heteroatoms. The van der Waals surface area contributed by atoms with Crippen molar-refractivity contribution in [3.05, 3.63) is 46.6 Å². The van der Waals surface area contributed by atoms with Crippen LogP contribution in [0.25, 0.3) is 0 Å². The number of aryl methyl sites for hydroxylation is 2. The number of piperidine rings is 1. The van der Waals surface area contributed by atoms with Crippen molar-refractivity contribution in [3.63, 3.8) is 0 Å². The van der Waals surface area contributed by atoms with E-state index in [-0.39, 0.29) is 11.8 Å². The van der Waals surface area contributed by atoms with Crippen LogP contribution in [0.1, 0.15) is 57.7 Å². The summed E-state index contributed by atoms with van der Waals surface area (Å²) in [6.07, 6.45) is 6.58. The Hall–Kier alpha value is -2.41. The van der Waals surface area contributed by atoms with Crippen molar-refractivity contribution >= 4 is 5.91 Å². The summed E-state index contributed by atoms with van der Waals surface area (Å²) < 4.78 is 0. The fourth-order valence-corrected chi connectivity index (χ4v) is 4.01. The molecule has 1 atom stereocenters. The van der Waals surface area contributed by atoms with Gasteiger partial charge in [-0.2, -0.15) is 0 Å². The minimum absolute atomic E-state index is 0.0109. The third-order valence-electron chi connectivity index (χ3n) is 5.55. The molecule has 0 N–H and O–H groups in total. The van der Waals surface area contributed by atoms with Crippen LogP contribution in [-0.2, 0) is 13.0 Å². The van der Waals surface area contributed by atoms with E-state index < -0.39 is 0 Å². The Morgan fingerprint density at radius 3 is 2.81 bits per heavy atom. The summed E-state index contributed by atoms with van der Waals surface area (Å²) in [5.74, 6) is 1.78. The fourth-order valence-electron chi connectivity index (χ4n) is 4.01. The van der Waals surface area contributed by atoms with Gasteiger partial charge in [-0.15, -0.1) is 0 Å². The second-order valence-electron chi connectivity index (χ2n) is 7.69. The molecule has 0 saturated carbocycles. The number of likely N-dealkylation sites (tertiary alicyclic amines) is 1. The lowest BCUT2D eigenvalue weighted by Gasteiger charge is -2.33. The highest BCUT2D eigenvalue weighted by atomic mass is 16.2. The van der Waals surface area contributed by atoms with Gasteiger partial charge in [-0.1, -0.05) is 0 Å². The topological polar surface area (TPSA) is 75.1 Å². The number of hydrogen-bond acceptors (Lipinski definition) is 6. The first-order valence-electron chi connectivity index (χ1n) is 9.64. The second kappa shape index (κ2) is 7.31. The second-order valence-corrected chi connectivity index (χ2v) is 7.69. The summed E-state index contributed by atoms with van der Waals surface area (Å²) in [5, 5.41) is 0. The Morgan fingerprint density at radius 1 is 1.15 bits per heavy atom. The zero-order valence-corrected chi connectivity index (χ0v) is 16.3. The number of fused-ring (bicyclic) bond motifs is 1. The molecule has 2 aromatic heterocycles. The van der Waals surface area contributed by atoms with Crippen molar-refractivity contribution in [3.8, 4) is 0 Å². The molecule has 0 aromatic carbocycles. The van der Waals surface area contributed by atoms with E-state index in [1.807, 2.05) is 24.9 Å². The molecule has 1 saturated heterocycles. The summed E-state index contributed by atoms with van der Waals surface area (Å²) in [4.78, 5) is 35.2. The lowest BCUT2D eigenvalue weighted by Crippen LogP contribution is -2.40. The van der Waals surface area contributed by atoms with Gasteiger partial charge in [0.05, 0.1) is 11.3 Å². The highest BCUT2D eigenvalue weighted by Crippen LogP contribution is 2.27. The van der Waals surface area contributed by atoms with Gasteiger partial charge >= 0.3 is 0 Å². The van der Waals surface area contributed by atoms with Crippen LogP contribution in [0, 0.1) is 13.8 Å². The lowest BCUT2D eigenvalue weighted by atomic mass is 9.96. The third-order valence-corrected chi connectivity index (χ3v) is 5.55. The van der Waals surface area contributed by atoms with Crippen LogP contribution in [0.3, 0.4) is 0 Å². The van der Waals surface area contributed by atoms with Crippen molar-refractivity contribution in [2.75, 3.05) is 26.7 Å². The Morgan fingerprint density at radius 2 is 2.00 bits per heavy atom. The molecule has 142 valence electrons. The van der Waals surface area contributed by atoms with Gasteiger partial charge in [0, 0.05) is 62.2 Å².